The number of nitrogen functional groups attached to an aromatic ring is 1. The molecule has 0 saturated carbocycles. The summed E-state index contributed by atoms with van der Waals surface area (Å²) in [5.74, 6) is -0.000127. The fraction of sp³-hybridized carbons (Fsp3) is 0.333. The van der Waals surface area contributed by atoms with E-state index < -0.39 is 31.9 Å². The van der Waals surface area contributed by atoms with Gasteiger partial charge in [0.2, 0.25) is 5.91 Å². The maximum Gasteiger partial charge on any atom is 0.309 e. The Hall–Kier alpha value is -6.78. The lowest BCUT2D eigenvalue weighted by Crippen LogP contribution is -2.43. The first kappa shape index (κ1) is 50.1. The topological polar surface area (TPSA) is 252 Å². The number of likely N-dealkylation sites (tertiary alicyclic amines) is 1. The van der Waals surface area contributed by atoms with Gasteiger partial charge in [-0.15, -0.1) is 0 Å². The molecule has 1 saturated heterocycles. The molecule has 3 aliphatic heterocycles. The van der Waals surface area contributed by atoms with Gasteiger partial charge in [-0.3, -0.25) is 24.1 Å². The molecule has 0 bridgehead atoms. The number of hydrogen-bond donors (Lipinski definition) is 3. The van der Waals surface area contributed by atoms with E-state index in [0.29, 0.717) is 57.1 Å². The highest BCUT2D eigenvalue weighted by Crippen LogP contribution is 2.30. The first-order valence-corrected chi connectivity index (χ1v) is 25.1. The number of ether oxygens (including phenoxy) is 3. The van der Waals surface area contributed by atoms with Gasteiger partial charge in [0.15, 0.2) is 5.82 Å². The highest BCUT2D eigenvalue weighted by molar-refractivity contribution is 7.91. The molecule has 3 aliphatic rings. The van der Waals surface area contributed by atoms with Crippen molar-refractivity contribution in [3.05, 3.63) is 125 Å². The van der Waals surface area contributed by atoms with Crippen LogP contribution in [-0.4, -0.2) is 125 Å². The van der Waals surface area contributed by atoms with Crippen LogP contribution < -0.4 is 15.2 Å². The van der Waals surface area contributed by atoms with Gasteiger partial charge in [-0.05, 0) is 67.3 Å². The van der Waals surface area contributed by atoms with Crippen LogP contribution in [0.25, 0.3) is 21.9 Å². The van der Waals surface area contributed by atoms with Crippen LogP contribution in [0.2, 0.25) is 0 Å². The van der Waals surface area contributed by atoms with Crippen molar-refractivity contribution in [2.45, 2.75) is 61.0 Å². The molecule has 0 radical (unpaired) electrons. The smallest absolute Gasteiger partial charge is 0.309 e. The lowest BCUT2D eigenvalue weighted by Gasteiger charge is -2.28. The third-order valence-corrected chi connectivity index (χ3v) is 14.6. The van der Waals surface area contributed by atoms with Crippen LogP contribution in [0, 0.1) is 0 Å². The SMILES string of the molecule is COCCc1nc2c(N)nc3ccccc3c2n1CCCN(Cc1ccc(CC(=O)OC)cc1)C(=O)CN1CCC[C@@H]1COC.O=C1NS(=O)(=O)c2ccccc21.O=C1NS(=O)(=O)c2ccccc21. The number of hydrogen-bond acceptors (Lipinski definition) is 15. The molecule has 21 heteroatoms. The van der Waals surface area contributed by atoms with Crippen molar-refractivity contribution in [3.63, 3.8) is 0 Å². The summed E-state index contributed by atoms with van der Waals surface area (Å²) in [5, 5.41) is 0.996. The second-order valence-corrected chi connectivity index (χ2v) is 19.8. The molecule has 0 aliphatic carbocycles. The summed E-state index contributed by atoms with van der Waals surface area (Å²) < 4.78 is 66.1. The number of carbonyl (C=O) groups is 4. The number of pyridine rings is 1. The molecule has 1 fully saturated rings. The minimum atomic E-state index is -3.55. The molecule has 6 aromatic rings. The third kappa shape index (κ3) is 11.7. The van der Waals surface area contributed by atoms with Crippen LogP contribution in [0.4, 0.5) is 5.82 Å². The number of amides is 3. The Balaban J connectivity index is 0.000000234. The van der Waals surface area contributed by atoms with Crippen LogP contribution in [0.1, 0.15) is 56.9 Å². The van der Waals surface area contributed by atoms with Crippen LogP contribution in [0.15, 0.2) is 107 Å². The van der Waals surface area contributed by atoms with Gasteiger partial charge in [-0.2, -0.15) is 0 Å². The van der Waals surface area contributed by atoms with Gasteiger partial charge in [-0.25, -0.2) is 36.2 Å². The number of imidazole rings is 1. The molecule has 69 heavy (non-hydrogen) atoms. The molecule has 0 unspecified atom stereocenters. The van der Waals surface area contributed by atoms with Crippen molar-refractivity contribution in [1.82, 2.24) is 33.8 Å². The number of benzene rings is 4. The van der Waals surface area contributed by atoms with E-state index in [1.165, 1.54) is 31.4 Å². The quantitative estimate of drug-likeness (QED) is 0.124. The first-order chi connectivity index (χ1) is 33.1. The Labute approximate surface area is 400 Å². The number of methoxy groups -OCH3 is 3. The molecule has 2 aromatic heterocycles. The molecule has 0 spiro atoms. The second kappa shape index (κ2) is 22.1. The van der Waals surface area contributed by atoms with Crippen molar-refractivity contribution < 1.29 is 50.2 Å². The van der Waals surface area contributed by atoms with Crippen molar-refractivity contribution in [1.29, 1.82) is 0 Å². The second-order valence-electron chi connectivity index (χ2n) is 16.5. The average molecular weight is 983 g/mol. The Kier molecular flexibility index (Phi) is 16.1. The van der Waals surface area contributed by atoms with E-state index >= 15 is 0 Å². The molecule has 9 rings (SSSR count). The molecular weight excluding hydrogens is 929 g/mol. The van der Waals surface area contributed by atoms with E-state index in [1.807, 2.05) is 56.8 Å². The molecule has 4 N–H and O–H groups in total. The van der Waals surface area contributed by atoms with Gasteiger partial charge in [0.1, 0.15) is 21.1 Å². The predicted octanol–water partition coefficient (Wildman–Crippen LogP) is 3.84. The van der Waals surface area contributed by atoms with Crippen LogP contribution in [-0.2, 0) is 69.8 Å². The van der Waals surface area contributed by atoms with Crippen molar-refractivity contribution in [2.24, 2.45) is 0 Å². The number of nitrogens with zero attached hydrogens (tertiary/aromatic N) is 5. The summed E-state index contributed by atoms with van der Waals surface area (Å²) in [5.41, 5.74) is 11.2. The summed E-state index contributed by atoms with van der Waals surface area (Å²) in [6, 6.07) is 28.2. The monoisotopic (exact) mass is 982 g/mol. The van der Waals surface area contributed by atoms with E-state index in [1.54, 1.807) is 38.5 Å². The molecular formula is C48H54N8O11S2. The highest BCUT2D eigenvalue weighted by atomic mass is 32.2. The lowest BCUT2D eigenvalue weighted by molar-refractivity contribution is -0.139. The predicted molar refractivity (Wildman–Crippen MR) is 256 cm³/mol. The third-order valence-electron chi connectivity index (χ3n) is 11.8. The maximum atomic E-state index is 13.9. The van der Waals surface area contributed by atoms with Crippen molar-refractivity contribution in [2.75, 3.05) is 59.9 Å². The number of anilines is 1. The van der Waals surface area contributed by atoms with Gasteiger partial charge in [0, 0.05) is 51.7 Å². The van der Waals surface area contributed by atoms with Crippen molar-refractivity contribution in [3.8, 4) is 0 Å². The maximum absolute atomic E-state index is 13.9. The molecule has 3 amide bonds. The van der Waals surface area contributed by atoms with Gasteiger partial charge < -0.3 is 29.4 Å². The zero-order valence-corrected chi connectivity index (χ0v) is 40.1. The fourth-order valence-corrected chi connectivity index (χ4v) is 10.8. The minimum Gasteiger partial charge on any atom is -0.469 e. The number of para-hydroxylation sites is 1. The van der Waals surface area contributed by atoms with E-state index in [4.69, 9.17) is 24.9 Å². The molecule has 4 aromatic carbocycles. The van der Waals surface area contributed by atoms with Gasteiger partial charge in [0.05, 0.1) is 55.4 Å². The van der Waals surface area contributed by atoms with Crippen LogP contribution in [0.3, 0.4) is 0 Å². The van der Waals surface area contributed by atoms with E-state index in [9.17, 15) is 36.0 Å². The van der Waals surface area contributed by atoms with Gasteiger partial charge in [0.25, 0.3) is 31.9 Å². The molecule has 19 nitrogen and oxygen atoms in total. The number of aromatic nitrogens is 3. The Morgan fingerprint density at radius 3 is 2.01 bits per heavy atom. The lowest BCUT2D eigenvalue weighted by atomic mass is 10.1. The standard InChI is InChI=1S/C34H44N6O5.2C7H5NO3S/c1-43-19-15-29-37-32-33(27-9-4-5-10-28(27)36-34(32)35)40(29)18-7-17-39(30(41)22-38-16-6-8-26(38)23-44-2)21-25-13-11-24(12-14-25)20-31(42)45-3;2*9-7-5-3-1-2-4-6(5)12(10,11)8-7/h4-5,9-14,26H,6-8,15-23H2,1-3H3,(H2,35,36);2*1-4H,(H,8,9)/t26-;;/m1../s1. The van der Waals surface area contributed by atoms with E-state index in [0.717, 1.165) is 59.2 Å². The summed E-state index contributed by atoms with van der Waals surface area (Å²) >= 11 is 0. The summed E-state index contributed by atoms with van der Waals surface area (Å²) in [6.07, 6.45) is 3.67. The first-order valence-electron chi connectivity index (χ1n) is 22.1. The number of aryl methyl sites for hydroxylation is 1. The van der Waals surface area contributed by atoms with E-state index in [2.05, 4.69) is 20.5 Å². The zero-order valence-electron chi connectivity index (χ0n) is 38.4. The molecule has 1 atom stereocenters. The summed E-state index contributed by atoms with van der Waals surface area (Å²) in [4.78, 5) is 61.4. The Bertz CT molecular complexity index is 3000. The number of rotatable bonds is 15. The Morgan fingerprint density at radius 1 is 0.797 bits per heavy atom. The minimum absolute atomic E-state index is 0.0648. The Morgan fingerprint density at radius 2 is 1.41 bits per heavy atom. The molecule has 5 heterocycles. The van der Waals surface area contributed by atoms with Crippen LogP contribution >= 0.6 is 0 Å². The number of nitrogens with two attached hydrogens (primary N) is 1. The number of carbonyl (C=O) groups excluding carboxylic acids is 4. The average Bonchev–Trinajstić information content (AvgIpc) is 4.06. The van der Waals surface area contributed by atoms with E-state index in [-0.39, 0.29) is 45.3 Å². The van der Waals surface area contributed by atoms with Crippen molar-refractivity contribution >= 4 is 71.5 Å². The molecule has 364 valence electrons. The van der Waals surface area contributed by atoms with Gasteiger partial charge >= 0.3 is 5.97 Å². The summed E-state index contributed by atoms with van der Waals surface area (Å²) in [7, 11) is -2.33. The number of sulfonamides is 2. The highest BCUT2D eigenvalue weighted by Gasteiger charge is 2.33. The summed E-state index contributed by atoms with van der Waals surface area (Å²) in [6.45, 7) is 4.09. The largest absolute Gasteiger partial charge is 0.469 e. The number of fused-ring (bicyclic) bond motifs is 5. The normalized spacial score (nSPS) is 16.4. The number of nitrogens with one attached hydrogen (secondary N) is 2. The fourth-order valence-electron chi connectivity index (χ4n) is 8.46. The van der Waals surface area contributed by atoms with Gasteiger partial charge in [-0.1, -0.05) is 66.7 Å². The van der Waals surface area contributed by atoms with Crippen LogP contribution in [0.5, 0.6) is 0 Å². The zero-order chi connectivity index (χ0) is 49.3. The number of esters is 1.